The van der Waals surface area contributed by atoms with E-state index in [1.165, 1.54) is 159 Å². The maximum absolute atomic E-state index is 9.00. The predicted molar refractivity (Wildman–Crippen MR) is 268 cm³/mol. The van der Waals surface area contributed by atoms with E-state index in [-0.39, 0.29) is 7.25 Å². The Morgan fingerprint density at radius 1 is 0.508 bits per heavy atom. The maximum atomic E-state index is 9.00. The van der Waals surface area contributed by atoms with E-state index in [2.05, 4.69) is 117 Å². The Morgan fingerprint density at radius 2 is 0.921 bits per heavy atom. The van der Waals surface area contributed by atoms with Gasteiger partial charge in [0.15, 0.2) is 0 Å². The van der Waals surface area contributed by atoms with Gasteiger partial charge in [-0.1, -0.05) is 0 Å². The van der Waals surface area contributed by atoms with Crippen molar-refractivity contribution < 1.29 is 15.6 Å². The minimum absolute atomic E-state index is 0.119. The molecule has 4 heteroatoms. The van der Waals surface area contributed by atoms with E-state index in [0.717, 1.165) is 35.5 Å². The van der Waals surface area contributed by atoms with E-state index in [1.807, 2.05) is 0 Å². The van der Waals surface area contributed by atoms with Crippen LogP contribution in [0, 0.1) is 41.4 Å². The van der Waals surface area contributed by atoms with Crippen molar-refractivity contribution in [1.82, 2.24) is 0 Å². The third kappa shape index (κ3) is 6.24. The summed E-state index contributed by atoms with van der Waals surface area (Å²) in [4.78, 5) is 0. The van der Waals surface area contributed by atoms with Crippen LogP contribution >= 0.6 is 17.0 Å². The molecule has 327 valence electrons. The molecule has 0 saturated heterocycles. The summed E-state index contributed by atoms with van der Waals surface area (Å²) in [6, 6.07) is 34.5. The van der Waals surface area contributed by atoms with Crippen LogP contribution in [-0.4, -0.2) is 5.92 Å². The summed E-state index contributed by atoms with van der Waals surface area (Å²) in [5, 5.41) is 0. The molecule has 2 atom stereocenters. The average Bonchev–Trinajstić information content (AvgIpc) is 3.85. The van der Waals surface area contributed by atoms with Gasteiger partial charge in [0, 0.05) is 0 Å². The first kappa shape index (κ1) is 41.2. The van der Waals surface area contributed by atoms with Crippen molar-refractivity contribution in [2.75, 3.05) is 0 Å². The van der Waals surface area contributed by atoms with E-state index in [1.54, 1.807) is 16.7 Å². The van der Waals surface area contributed by atoms with Gasteiger partial charge in [-0.3, -0.25) is 0 Å². The molecule has 2 unspecified atom stereocenters. The standard InChI is InChI=1S/C31H35.C26H27.C2H7Si.2ClH.Zr/c1-2-5-24(6-3-1)27-16-26-7-4-8-29(30(26)17-27)25-9-11-28(12-10-25)31-18-21-13-22(19-31)15-23(14-21)20-31;1-17-9-22-3-2-4-24(25(22)10-17)21-5-7-23(8-6-21)26-14-18-11-19(15-26)13-20(12-18)16-26;1-3-2;;;/h4,7-12,16-17,21-24H,1-3,5-6,13-15,18-20H2;2-10,18-20H,11-16H2,1H3;3H,1-2H3;2*1H;/q;;;;;+2/p-2. The van der Waals surface area contributed by atoms with Crippen LogP contribution < -0.4 is 0 Å². The second-order valence-electron chi connectivity index (χ2n) is 24.3. The Hall–Kier alpha value is -1.96. The summed E-state index contributed by atoms with van der Waals surface area (Å²) >= 11 is -4.92. The van der Waals surface area contributed by atoms with Crippen molar-refractivity contribution in [1.29, 1.82) is 0 Å². The Labute approximate surface area is 387 Å². The first-order valence-electron chi connectivity index (χ1n) is 25.9. The molecule has 63 heavy (non-hydrogen) atoms. The number of halogens is 2. The zero-order valence-electron chi connectivity index (χ0n) is 38.3. The number of rotatable bonds is 8. The van der Waals surface area contributed by atoms with Crippen LogP contribution in [0.25, 0.3) is 34.4 Å². The van der Waals surface area contributed by atoms with Gasteiger partial charge in [0.05, 0.1) is 0 Å². The molecule has 11 aliphatic rings. The second kappa shape index (κ2) is 14.8. The number of allylic oxidation sites excluding steroid dienone is 2. The molecule has 8 bridgehead atoms. The molecule has 15 rings (SSSR count). The normalized spacial score (nSPS) is 35.7. The van der Waals surface area contributed by atoms with Crippen LogP contribution in [0.3, 0.4) is 0 Å². The fourth-order valence-electron chi connectivity index (χ4n) is 18.4. The monoisotopic (exact) mass is 965 g/mol. The third-order valence-electron chi connectivity index (χ3n) is 20.3. The van der Waals surface area contributed by atoms with Crippen LogP contribution in [0.5, 0.6) is 0 Å². The van der Waals surface area contributed by atoms with Gasteiger partial charge in [-0.15, -0.1) is 0 Å². The van der Waals surface area contributed by atoms with Gasteiger partial charge in [-0.2, -0.15) is 0 Å². The third-order valence-corrected chi connectivity index (χ3v) is 72.3. The van der Waals surface area contributed by atoms with Crippen molar-refractivity contribution in [2.24, 2.45) is 41.4 Å². The molecule has 0 amide bonds. The van der Waals surface area contributed by atoms with E-state index in [4.69, 9.17) is 17.0 Å². The fourth-order valence-corrected chi connectivity index (χ4v) is 50.4. The second-order valence-corrected chi connectivity index (χ2v) is 66.8. The van der Waals surface area contributed by atoms with Crippen molar-refractivity contribution in [2.45, 2.75) is 147 Å². The van der Waals surface area contributed by atoms with E-state index >= 15 is 0 Å². The first-order chi connectivity index (χ1) is 30.5. The van der Waals surface area contributed by atoms with Crippen molar-refractivity contribution in [3.63, 3.8) is 0 Å². The molecule has 4 aromatic carbocycles. The minimum atomic E-state index is -4.92. The summed E-state index contributed by atoms with van der Waals surface area (Å²) in [7, 11) is 18.0. The van der Waals surface area contributed by atoms with Gasteiger partial charge >= 0.3 is 391 Å². The van der Waals surface area contributed by atoms with Crippen LogP contribution in [0.4, 0.5) is 0 Å². The van der Waals surface area contributed by atoms with E-state index < -0.39 is 21.5 Å². The average molecular weight is 968 g/mol. The van der Waals surface area contributed by atoms with Gasteiger partial charge in [0.2, 0.25) is 0 Å². The van der Waals surface area contributed by atoms with Crippen molar-refractivity contribution in [3.05, 3.63) is 129 Å². The Kier molecular flexibility index (Phi) is 9.67. The fraction of sp³-hybridized carbons (Fsp3) is 0.525. The molecule has 0 nitrogen and oxygen atoms in total. The van der Waals surface area contributed by atoms with Gasteiger partial charge in [0.25, 0.3) is 0 Å². The van der Waals surface area contributed by atoms with Crippen molar-refractivity contribution in [3.8, 4) is 22.3 Å². The zero-order valence-corrected chi connectivity index (χ0v) is 43.4. The van der Waals surface area contributed by atoms with Crippen molar-refractivity contribution >= 4 is 35.1 Å². The summed E-state index contributed by atoms with van der Waals surface area (Å²) in [6.07, 6.45) is 29.2. The van der Waals surface area contributed by atoms with Crippen LogP contribution in [0.15, 0.2) is 96.1 Å². The van der Waals surface area contributed by atoms with E-state index in [9.17, 15) is 0 Å². The van der Waals surface area contributed by atoms with Gasteiger partial charge in [-0.05, 0) is 0 Å². The molecule has 0 aliphatic heterocycles. The Balaban J connectivity index is 0.881. The molecule has 9 fully saturated rings. The van der Waals surface area contributed by atoms with Gasteiger partial charge in [0.1, 0.15) is 0 Å². The molecule has 11 aliphatic carbocycles. The van der Waals surface area contributed by atoms with Gasteiger partial charge in [-0.25, -0.2) is 0 Å². The molecule has 0 N–H and O–H groups in total. The molecule has 0 radical (unpaired) electrons. The summed E-state index contributed by atoms with van der Waals surface area (Å²) in [5.41, 5.74) is 18.2. The number of hydrogen-bond acceptors (Lipinski definition) is 0. The van der Waals surface area contributed by atoms with Crippen LogP contribution in [0.2, 0.25) is 13.1 Å². The summed E-state index contributed by atoms with van der Waals surface area (Å²) in [5.74, 6) is 4.66. The number of benzene rings is 4. The summed E-state index contributed by atoms with van der Waals surface area (Å²) in [6.45, 7) is 7.46. The molecule has 9 saturated carbocycles. The van der Waals surface area contributed by atoms with Crippen LogP contribution in [-0.2, 0) is 26.4 Å². The molecular weight excluding hydrogens is 899 g/mol. The molecule has 0 aromatic heterocycles. The topological polar surface area (TPSA) is 0 Å². The Morgan fingerprint density at radius 3 is 1.35 bits per heavy atom. The molecular formula is C59H69Cl2SiZr. The molecule has 0 heterocycles. The quantitative estimate of drug-likeness (QED) is 0.154. The number of fused-ring (bicyclic) bond motifs is 2. The van der Waals surface area contributed by atoms with Crippen LogP contribution in [0.1, 0.15) is 157 Å². The SMILES string of the molecule is CC1=Cc2c(-c3ccc(C45CC6CC(CC(C6)C4)C5)cc3)cccc2[CH]1[Zr]([Cl])([Cl])([CH]1C(C2CCCCC2)=Cc2c(-c3ccc(C45CC6CC(CC(C6)C4)C5)cc3)cccc21)[SiH](C)C. The summed E-state index contributed by atoms with van der Waals surface area (Å²) < 4.78 is 0.266. The Bertz CT molecular complexity index is 2480. The number of hydrogen-bond donors (Lipinski definition) is 0. The first-order valence-corrected chi connectivity index (χ1v) is 42.2. The molecule has 4 aromatic rings. The molecule has 0 spiro atoms. The zero-order chi connectivity index (χ0) is 42.5. The van der Waals surface area contributed by atoms with E-state index in [0.29, 0.717) is 16.7 Å². The predicted octanol–water partition coefficient (Wildman–Crippen LogP) is 17.1. The van der Waals surface area contributed by atoms with Gasteiger partial charge < -0.3 is 0 Å².